The molecule has 1 aromatic rings. The van der Waals surface area contributed by atoms with Crippen molar-refractivity contribution in [1.82, 2.24) is 0 Å². The third kappa shape index (κ3) is 4.73. The molecule has 0 fully saturated rings. The van der Waals surface area contributed by atoms with Gasteiger partial charge in [-0.25, -0.2) is 0 Å². The summed E-state index contributed by atoms with van der Waals surface area (Å²) in [6.07, 6.45) is 0.940. The van der Waals surface area contributed by atoms with E-state index in [4.69, 9.17) is 15.2 Å². The molecule has 0 spiro atoms. The van der Waals surface area contributed by atoms with Crippen LogP contribution in [0, 0.1) is 0 Å². The van der Waals surface area contributed by atoms with Gasteiger partial charge < -0.3 is 20.5 Å². The smallest absolute Gasteiger partial charge is 0.243 e. The first kappa shape index (κ1) is 14.5. The molecule has 100 valence electrons. The van der Waals surface area contributed by atoms with E-state index in [1.54, 1.807) is 12.1 Å². The summed E-state index contributed by atoms with van der Waals surface area (Å²) < 4.78 is 10.3. The average Bonchev–Trinajstić information content (AvgIpc) is 2.37. The highest BCUT2D eigenvalue weighted by Crippen LogP contribution is 2.17. The van der Waals surface area contributed by atoms with Crippen molar-refractivity contribution < 1.29 is 14.3 Å². The molecule has 18 heavy (non-hydrogen) atoms. The van der Waals surface area contributed by atoms with Crippen LogP contribution in [0.1, 0.15) is 13.3 Å². The van der Waals surface area contributed by atoms with Crippen LogP contribution in [0.5, 0.6) is 5.75 Å². The summed E-state index contributed by atoms with van der Waals surface area (Å²) in [6.45, 7) is 2.88. The fourth-order valence-corrected chi connectivity index (χ4v) is 1.37. The van der Waals surface area contributed by atoms with Crippen molar-refractivity contribution in [1.29, 1.82) is 0 Å². The summed E-state index contributed by atoms with van der Waals surface area (Å²) >= 11 is 0. The Morgan fingerprint density at radius 3 is 2.94 bits per heavy atom. The highest BCUT2D eigenvalue weighted by molar-refractivity contribution is 5.94. The Hall–Kier alpha value is -1.59. The Kier molecular flexibility index (Phi) is 6.18. The van der Waals surface area contributed by atoms with Gasteiger partial charge in [0.2, 0.25) is 5.91 Å². The van der Waals surface area contributed by atoms with Crippen LogP contribution in [-0.2, 0) is 9.53 Å². The molecule has 1 amide bonds. The average molecular weight is 252 g/mol. The zero-order valence-electron chi connectivity index (χ0n) is 10.8. The molecule has 0 bridgehead atoms. The third-order valence-electron chi connectivity index (χ3n) is 2.26. The molecule has 0 saturated carbocycles. The number of methoxy groups -OCH3 is 1. The lowest BCUT2D eigenvalue weighted by atomic mass is 10.2. The summed E-state index contributed by atoms with van der Waals surface area (Å²) in [6, 6.07) is 6.56. The highest BCUT2D eigenvalue weighted by Gasteiger charge is 2.13. The molecule has 5 nitrogen and oxygen atoms in total. The van der Waals surface area contributed by atoms with Gasteiger partial charge in [0.15, 0.2) is 0 Å². The molecule has 0 heterocycles. The van der Waals surface area contributed by atoms with Crippen LogP contribution in [0.25, 0.3) is 0 Å². The molecule has 1 aromatic carbocycles. The molecule has 1 atom stereocenters. The molecule has 0 aromatic heterocycles. The van der Waals surface area contributed by atoms with Crippen LogP contribution in [0.2, 0.25) is 0 Å². The first-order valence-corrected chi connectivity index (χ1v) is 5.95. The highest BCUT2D eigenvalue weighted by atomic mass is 16.5. The monoisotopic (exact) mass is 252 g/mol. The minimum atomic E-state index is -0.671. The Bertz CT molecular complexity index is 382. The Labute approximate surface area is 107 Å². The summed E-state index contributed by atoms with van der Waals surface area (Å²) in [5.41, 5.74) is 6.29. The number of carbonyl (C=O) groups excluding carboxylic acids is 1. The summed E-state index contributed by atoms with van der Waals surface area (Å²) in [4.78, 5) is 11.7. The fourth-order valence-electron chi connectivity index (χ4n) is 1.37. The maximum Gasteiger partial charge on any atom is 0.243 e. The molecular formula is C13H20N2O3. The Morgan fingerprint density at radius 2 is 2.28 bits per heavy atom. The van der Waals surface area contributed by atoms with Crippen molar-refractivity contribution in [2.75, 3.05) is 25.6 Å². The van der Waals surface area contributed by atoms with E-state index in [0.29, 0.717) is 12.3 Å². The van der Waals surface area contributed by atoms with Gasteiger partial charge in [-0.3, -0.25) is 4.79 Å². The third-order valence-corrected chi connectivity index (χ3v) is 2.26. The normalized spacial score (nSPS) is 11.9. The molecule has 0 saturated heterocycles. The second kappa shape index (κ2) is 7.68. The van der Waals surface area contributed by atoms with Gasteiger partial charge in [-0.15, -0.1) is 0 Å². The second-order valence-corrected chi connectivity index (χ2v) is 3.93. The largest absolute Gasteiger partial charge is 0.494 e. The number of hydrogen-bond acceptors (Lipinski definition) is 4. The van der Waals surface area contributed by atoms with Gasteiger partial charge in [-0.05, 0) is 18.6 Å². The van der Waals surface area contributed by atoms with E-state index in [1.807, 2.05) is 19.1 Å². The lowest BCUT2D eigenvalue weighted by Gasteiger charge is -2.12. The van der Waals surface area contributed by atoms with Gasteiger partial charge in [0, 0.05) is 18.9 Å². The van der Waals surface area contributed by atoms with E-state index in [9.17, 15) is 4.79 Å². The number of benzene rings is 1. The number of rotatable bonds is 7. The van der Waals surface area contributed by atoms with Crippen molar-refractivity contribution in [2.45, 2.75) is 19.4 Å². The molecule has 1 rings (SSSR count). The molecule has 0 radical (unpaired) electrons. The molecule has 5 heteroatoms. The maximum atomic E-state index is 11.7. The van der Waals surface area contributed by atoms with Crippen LogP contribution in [0.15, 0.2) is 24.3 Å². The van der Waals surface area contributed by atoms with Crippen LogP contribution in [-0.4, -0.2) is 32.3 Å². The van der Waals surface area contributed by atoms with Gasteiger partial charge in [0.05, 0.1) is 13.2 Å². The number of anilines is 1. The lowest BCUT2D eigenvalue weighted by molar-refractivity contribution is -0.118. The predicted molar refractivity (Wildman–Crippen MR) is 70.7 cm³/mol. The van der Waals surface area contributed by atoms with E-state index < -0.39 is 6.04 Å². The van der Waals surface area contributed by atoms with Crippen LogP contribution >= 0.6 is 0 Å². The Balaban J connectivity index is 2.58. The second-order valence-electron chi connectivity index (χ2n) is 3.93. The zero-order chi connectivity index (χ0) is 13.4. The van der Waals surface area contributed by atoms with E-state index in [1.165, 1.54) is 7.11 Å². The first-order chi connectivity index (χ1) is 8.67. The Morgan fingerprint density at radius 1 is 1.50 bits per heavy atom. The number of nitrogens with two attached hydrogens (primary N) is 1. The minimum absolute atomic E-state index is 0.192. The van der Waals surface area contributed by atoms with Crippen molar-refractivity contribution >= 4 is 11.6 Å². The van der Waals surface area contributed by atoms with Crippen molar-refractivity contribution in [3.05, 3.63) is 24.3 Å². The first-order valence-electron chi connectivity index (χ1n) is 5.95. The predicted octanol–water partition coefficient (Wildman–Crippen LogP) is 1.39. The van der Waals surface area contributed by atoms with Gasteiger partial charge in [0.25, 0.3) is 0 Å². The SMILES string of the molecule is CCCOc1cccc(NC(=O)C(N)COC)c1. The number of ether oxygens (including phenoxy) is 2. The quantitative estimate of drug-likeness (QED) is 0.769. The van der Waals surface area contributed by atoms with Crippen molar-refractivity contribution in [3.8, 4) is 5.75 Å². The fraction of sp³-hybridized carbons (Fsp3) is 0.462. The molecular weight excluding hydrogens is 232 g/mol. The molecule has 0 aliphatic heterocycles. The maximum absolute atomic E-state index is 11.7. The molecule has 3 N–H and O–H groups in total. The number of carbonyl (C=O) groups is 1. The summed E-state index contributed by atoms with van der Waals surface area (Å²) in [5, 5.41) is 2.72. The minimum Gasteiger partial charge on any atom is -0.494 e. The summed E-state index contributed by atoms with van der Waals surface area (Å²) in [7, 11) is 1.51. The number of hydrogen-bond donors (Lipinski definition) is 2. The zero-order valence-corrected chi connectivity index (χ0v) is 10.8. The van der Waals surface area contributed by atoms with E-state index in [0.717, 1.165) is 12.2 Å². The summed E-state index contributed by atoms with van der Waals surface area (Å²) in [5.74, 6) is 0.458. The molecule has 1 unspecified atom stereocenters. The van der Waals surface area contributed by atoms with Gasteiger partial charge >= 0.3 is 0 Å². The van der Waals surface area contributed by atoms with E-state index >= 15 is 0 Å². The van der Waals surface area contributed by atoms with Crippen molar-refractivity contribution in [3.63, 3.8) is 0 Å². The van der Waals surface area contributed by atoms with Crippen LogP contribution in [0.4, 0.5) is 5.69 Å². The standard InChI is InChI=1S/C13H20N2O3/c1-3-7-18-11-6-4-5-10(8-11)15-13(16)12(14)9-17-2/h4-6,8,12H,3,7,9,14H2,1-2H3,(H,15,16). The van der Waals surface area contributed by atoms with E-state index in [-0.39, 0.29) is 12.5 Å². The van der Waals surface area contributed by atoms with Crippen LogP contribution in [0.3, 0.4) is 0 Å². The number of amides is 1. The van der Waals surface area contributed by atoms with Gasteiger partial charge in [0.1, 0.15) is 11.8 Å². The topological polar surface area (TPSA) is 73.6 Å². The number of nitrogens with one attached hydrogen (secondary N) is 1. The van der Waals surface area contributed by atoms with Crippen molar-refractivity contribution in [2.24, 2.45) is 5.73 Å². The van der Waals surface area contributed by atoms with Gasteiger partial charge in [-0.2, -0.15) is 0 Å². The van der Waals surface area contributed by atoms with Gasteiger partial charge in [-0.1, -0.05) is 13.0 Å². The molecule has 0 aliphatic carbocycles. The lowest BCUT2D eigenvalue weighted by Crippen LogP contribution is -2.39. The van der Waals surface area contributed by atoms with E-state index in [2.05, 4.69) is 5.32 Å². The molecule has 0 aliphatic rings. The van der Waals surface area contributed by atoms with Crippen LogP contribution < -0.4 is 15.8 Å².